The monoisotopic (exact) mass is 168 g/mol. The van der Waals surface area contributed by atoms with E-state index in [4.69, 9.17) is 10.8 Å². The van der Waals surface area contributed by atoms with Crippen LogP contribution in [0.1, 0.15) is 6.42 Å². The van der Waals surface area contributed by atoms with Gasteiger partial charge < -0.3 is 16.6 Å². The molecule has 0 amide bonds. The molecular formula is C5H10F2N2O2. The van der Waals surface area contributed by atoms with Crippen molar-refractivity contribution in [2.24, 2.45) is 11.5 Å². The summed E-state index contributed by atoms with van der Waals surface area (Å²) in [5.74, 6) is -4.63. The maximum absolute atomic E-state index is 12.3. The molecule has 0 saturated heterocycles. The summed E-state index contributed by atoms with van der Waals surface area (Å²) >= 11 is 0. The van der Waals surface area contributed by atoms with Crippen LogP contribution in [0.5, 0.6) is 0 Å². The quantitative estimate of drug-likeness (QED) is 0.522. The van der Waals surface area contributed by atoms with Crippen molar-refractivity contribution in [3.8, 4) is 0 Å². The first-order valence-corrected chi connectivity index (χ1v) is 2.95. The second-order valence-corrected chi connectivity index (χ2v) is 2.21. The molecule has 0 saturated carbocycles. The van der Waals surface area contributed by atoms with Gasteiger partial charge in [0.15, 0.2) is 0 Å². The number of rotatable bonds is 4. The highest BCUT2D eigenvalue weighted by molar-refractivity contribution is 5.73. The van der Waals surface area contributed by atoms with Crippen LogP contribution in [0.25, 0.3) is 0 Å². The van der Waals surface area contributed by atoms with Crippen molar-refractivity contribution < 1.29 is 18.7 Å². The number of alkyl halides is 2. The number of carbonyl (C=O) groups is 1. The molecule has 1 atom stereocenters. The Morgan fingerprint density at radius 1 is 1.64 bits per heavy atom. The minimum absolute atomic E-state index is 0.881. The van der Waals surface area contributed by atoms with Gasteiger partial charge in [0.1, 0.15) is 6.04 Å². The van der Waals surface area contributed by atoms with Gasteiger partial charge in [-0.15, -0.1) is 0 Å². The lowest BCUT2D eigenvalue weighted by atomic mass is 10.1. The number of hydrogen-bond donors (Lipinski definition) is 3. The Morgan fingerprint density at radius 2 is 2.09 bits per heavy atom. The molecule has 0 aromatic rings. The minimum atomic E-state index is -3.18. The topological polar surface area (TPSA) is 89.3 Å². The third kappa shape index (κ3) is 3.84. The zero-order chi connectivity index (χ0) is 9.07. The van der Waals surface area contributed by atoms with Crippen molar-refractivity contribution in [3.63, 3.8) is 0 Å². The smallest absolute Gasteiger partial charge is 0.320 e. The van der Waals surface area contributed by atoms with Crippen LogP contribution in [-0.4, -0.2) is 29.6 Å². The summed E-state index contributed by atoms with van der Waals surface area (Å²) in [6.07, 6.45) is -0.918. The van der Waals surface area contributed by atoms with E-state index in [0.29, 0.717) is 0 Å². The van der Waals surface area contributed by atoms with Crippen LogP contribution in [0.15, 0.2) is 0 Å². The molecule has 11 heavy (non-hydrogen) atoms. The summed E-state index contributed by atoms with van der Waals surface area (Å²) in [6, 6.07) is -1.55. The largest absolute Gasteiger partial charge is 0.480 e. The molecule has 0 radical (unpaired) electrons. The van der Waals surface area contributed by atoms with Gasteiger partial charge in [0.05, 0.1) is 6.54 Å². The first kappa shape index (κ1) is 10.2. The molecule has 0 heterocycles. The van der Waals surface area contributed by atoms with E-state index in [1.54, 1.807) is 0 Å². The molecule has 4 nitrogen and oxygen atoms in total. The molecule has 6 heteroatoms. The molecule has 0 aliphatic rings. The van der Waals surface area contributed by atoms with E-state index in [0.717, 1.165) is 0 Å². The first-order chi connectivity index (χ1) is 4.89. The Kier molecular flexibility index (Phi) is 3.34. The van der Waals surface area contributed by atoms with Crippen molar-refractivity contribution in [2.45, 2.75) is 18.4 Å². The second kappa shape index (κ2) is 3.59. The number of carboxylic acids is 1. The standard InChI is InChI=1S/C5H10F2N2O2/c6-5(7,2-8)1-3(9)4(10)11/h3H,1-2,8-9H2,(H,10,11)/t3-/m0/s1. The molecule has 0 unspecified atom stereocenters. The normalized spacial score (nSPS) is 14.5. The van der Waals surface area contributed by atoms with Crippen LogP contribution in [0.4, 0.5) is 8.78 Å². The first-order valence-electron chi connectivity index (χ1n) is 2.95. The van der Waals surface area contributed by atoms with E-state index in [2.05, 4.69) is 5.73 Å². The fourth-order valence-corrected chi connectivity index (χ4v) is 0.492. The zero-order valence-corrected chi connectivity index (χ0v) is 5.76. The lowest BCUT2D eigenvalue weighted by Gasteiger charge is -2.15. The van der Waals surface area contributed by atoms with E-state index in [1.807, 2.05) is 0 Å². The van der Waals surface area contributed by atoms with E-state index in [9.17, 15) is 13.6 Å². The number of carboxylic acid groups (broad SMARTS) is 1. The Morgan fingerprint density at radius 3 is 2.36 bits per heavy atom. The van der Waals surface area contributed by atoms with Crippen LogP contribution >= 0.6 is 0 Å². The van der Waals surface area contributed by atoms with Gasteiger partial charge in [-0.3, -0.25) is 4.79 Å². The van der Waals surface area contributed by atoms with Crippen molar-refractivity contribution in [1.82, 2.24) is 0 Å². The van der Waals surface area contributed by atoms with Gasteiger partial charge in [-0.1, -0.05) is 0 Å². The average molecular weight is 168 g/mol. The van der Waals surface area contributed by atoms with Crippen LogP contribution in [-0.2, 0) is 4.79 Å². The van der Waals surface area contributed by atoms with E-state index < -0.39 is 30.9 Å². The summed E-state index contributed by atoms with van der Waals surface area (Å²) in [5, 5.41) is 8.14. The van der Waals surface area contributed by atoms with Gasteiger partial charge in [-0.2, -0.15) is 0 Å². The summed E-state index contributed by atoms with van der Waals surface area (Å²) in [7, 11) is 0. The predicted molar refractivity (Wildman–Crippen MR) is 34.2 cm³/mol. The number of halogens is 2. The summed E-state index contributed by atoms with van der Waals surface area (Å²) in [4.78, 5) is 9.99. The Balaban J connectivity index is 3.93. The fourth-order valence-electron chi connectivity index (χ4n) is 0.492. The third-order valence-electron chi connectivity index (χ3n) is 1.13. The van der Waals surface area contributed by atoms with E-state index in [-0.39, 0.29) is 0 Å². The van der Waals surface area contributed by atoms with Crippen molar-refractivity contribution in [2.75, 3.05) is 6.54 Å². The fraction of sp³-hybridized carbons (Fsp3) is 0.800. The molecule has 66 valence electrons. The van der Waals surface area contributed by atoms with Gasteiger partial charge in [0, 0.05) is 6.42 Å². The Bertz CT molecular complexity index is 151. The highest BCUT2D eigenvalue weighted by Gasteiger charge is 2.32. The maximum Gasteiger partial charge on any atom is 0.320 e. The molecule has 0 spiro atoms. The SMILES string of the molecule is NCC(F)(F)C[C@H](N)C(=O)O. The van der Waals surface area contributed by atoms with Crippen molar-refractivity contribution >= 4 is 5.97 Å². The number of nitrogens with two attached hydrogens (primary N) is 2. The second-order valence-electron chi connectivity index (χ2n) is 2.21. The molecule has 0 aliphatic carbocycles. The Hall–Kier alpha value is -0.750. The van der Waals surface area contributed by atoms with Crippen LogP contribution < -0.4 is 11.5 Å². The average Bonchev–Trinajstić information content (AvgIpc) is 1.87. The number of hydrogen-bond acceptors (Lipinski definition) is 3. The maximum atomic E-state index is 12.3. The van der Waals surface area contributed by atoms with Crippen molar-refractivity contribution in [3.05, 3.63) is 0 Å². The molecular weight excluding hydrogens is 158 g/mol. The van der Waals surface area contributed by atoms with Crippen LogP contribution in [0.3, 0.4) is 0 Å². The highest BCUT2D eigenvalue weighted by Crippen LogP contribution is 2.17. The molecule has 0 aromatic heterocycles. The van der Waals surface area contributed by atoms with Crippen LogP contribution in [0, 0.1) is 0 Å². The third-order valence-corrected chi connectivity index (χ3v) is 1.13. The highest BCUT2D eigenvalue weighted by atomic mass is 19.3. The minimum Gasteiger partial charge on any atom is -0.480 e. The molecule has 0 bridgehead atoms. The van der Waals surface area contributed by atoms with E-state index >= 15 is 0 Å². The van der Waals surface area contributed by atoms with Gasteiger partial charge in [-0.05, 0) is 0 Å². The van der Waals surface area contributed by atoms with Crippen molar-refractivity contribution in [1.29, 1.82) is 0 Å². The molecule has 5 N–H and O–H groups in total. The summed E-state index contributed by atoms with van der Waals surface area (Å²) < 4.78 is 24.6. The lowest BCUT2D eigenvalue weighted by Crippen LogP contribution is -2.40. The molecule has 0 rings (SSSR count). The molecule has 0 aliphatic heterocycles. The Labute approximate surface area is 62.2 Å². The van der Waals surface area contributed by atoms with Gasteiger partial charge in [0.2, 0.25) is 0 Å². The van der Waals surface area contributed by atoms with Gasteiger partial charge in [0.25, 0.3) is 5.92 Å². The lowest BCUT2D eigenvalue weighted by molar-refractivity contribution is -0.141. The molecule has 0 aromatic carbocycles. The molecule has 0 fully saturated rings. The van der Waals surface area contributed by atoms with Crippen LogP contribution in [0.2, 0.25) is 0 Å². The van der Waals surface area contributed by atoms with Gasteiger partial charge in [-0.25, -0.2) is 8.78 Å². The predicted octanol–water partition coefficient (Wildman–Crippen LogP) is -0.618. The number of aliphatic carboxylic acids is 1. The summed E-state index contributed by atoms with van der Waals surface area (Å²) in [6.45, 7) is -0.881. The summed E-state index contributed by atoms with van der Waals surface area (Å²) in [5.41, 5.74) is 9.50. The van der Waals surface area contributed by atoms with E-state index in [1.165, 1.54) is 0 Å². The van der Waals surface area contributed by atoms with Gasteiger partial charge >= 0.3 is 5.97 Å². The zero-order valence-electron chi connectivity index (χ0n) is 5.76.